The highest BCUT2D eigenvalue weighted by atomic mass is 35.5. The first-order chi connectivity index (χ1) is 14.1. The van der Waals surface area contributed by atoms with Gasteiger partial charge in [0, 0.05) is 17.1 Å². The van der Waals surface area contributed by atoms with E-state index < -0.39 is 0 Å². The summed E-state index contributed by atoms with van der Waals surface area (Å²) in [6.07, 6.45) is 5.01. The molecule has 3 aromatic rings. The van der Waals surface area contributed by atoms with Gasteiger partial charge in [-0.05, 0) is 41.1 Å². The summed E-state index contributed by atoms with van der Waals surface area (Å²) in [5.41, 5.74) is 3.31. The molecule has 1 aliphatic rings. The van der Waals surface area contributed by atoms with Crippen LogP contribution in [0, 0.1) is 0 Å². The van der Waals surface area contributed by atoms with Crippen molar-refractivity contribution < 1.29 is 9.59 Å². The van der Waals surface area contributed by atoms with Gasteiger partial charge in [0.1, 0.15) is 5.82 Å². The third-order valence-corrected chi connectivity index (χ3v) is 5.35. The Morgan fingerprint density at radius 1 is 1.10 bits per heavy atom. The van der Waals surface area contributed by atoms with Crippen molar-refractivity contribution in [2.24, 2.45) is 0 Å². The number of thioether (sulfide) groups is 1. The van der Waals surface area contributed by atoms with Crippen LogP contribution in [-0.2, 0) is 11.3 Å². The molecule has 4 rings (SSSR count). The van der Waals surface area contributed by atoms with E-state index in [1.807, 2.05) is 48.5 Å². The molecule has 2 heterocycles. The quantitative estimate of drug-likeness (QED) is 0.578. The van der Waals surface area contributed by atoms with Crippen molar-refractivity contribution in [3.63, 3.8) is 0 Å². The standard InChI is InChI=1S/C21H15ClN4O2S/c22-16-7-2-1-5-15(16)10-24-19-12-23-11-17(25-19)14-6-3-4-13(8-14)9-18-20(27)26-21(28)29-18/h1-9,11-12H,10H2,(H,24,25)(H,26,27,28)/b18-9+. The summed E-state index contributed by atoms with van der Waals surface area (Å²) < 4.78 is 0. The van der Waals surface area contributed by atoms with Crippen molar-refractivity contribution >= 4 is 46.4 Å². The Morgan fingerprint density at radius 3 is 2.76 bits per heavy atom. The minimum atomic E-state index is -0.379. The lowest BCUT2D eigenvalue weighted by molar-refractivity contribution is -0.115. The van der Waals surface area contributed by atoms with Gasteiger partial charge in [-0.2, -0.15) is 0 Å². The second-order valence-corrected chi connectivity index (χ2v) is 7.63. The SMILES string of the molecule is O=C1NC(=O)/C(=C\c2cccc(-c3cncc(NCc4ccccc4Cl)n3)c2)S1. The average Bonchev–Trinajstić information content (AvgIpc) is 3.04. The number of nitrogens with zero attached hydrogens (tertiary/aromatic N) is 2. The molecule has 1 aromatic heterocycles. The second-order valence-electron chi connectivity index (χ2n) is 6.21. The maximum Gasteiger partial charge on any atom is 0.290 e. The number of halogens is 1. The topological polar surface area (TPSA) is 84.0 Å². The summed E-state index contributed by atoms with van der Waals surface area (Å²) in [4.78, 5) is 32.3. The van der Waals surface area contributed by atoms with Crippen LogP contribution < -0.4 is 10.6 Å². The average molecular weight is 423 g/mol. The van der Waals surface area contributed by atoms with Gasteiger partial charge < -0.3 is 5.32 Å². The lowest BCUT2D eigenvalue weighted by Gasteiger charge is -2.09. The zero-order valence-corrected chi connectivity index (χ0v) is 16.6. The first kappa shape index (κ1) is 19.2. The molecule has 144 valence electrons. The van der Waals surface area contributed by atoms with Crippen LogP contribution in [0.3, 0.4) is 0 Å². The van der Waals surface area contributed by atoms with Crippen molar-refractivity contribution in [2.75, 3.05) is 5.32 Å². The molecule has 1 saturated heterocycles. The fourth-order valence-corrected chi connectivity index (χ4v) is 3.66. The Morgan fingerprint density at radius 2 is 1.97 bits per heavy atom. The van der Waals surface area contributed by atoms with Crippen molar-refractivity contribution in [1.82, 2.24) is 15.3 Å². The maximum absolute atomic E-state index is 11.7. The lowest BCUT2D eigenvalue weighted by Crippen LogP contribution is -2.17. The van der Waals surface area contributed by atoms with Crippen LogP contribution in [0.15, 0.2) is 65.8 Å². The number of carbonyl (C=O) groups is 2. The number of anilines is 1. The summed E-state index contributed by atoms with van der Waals surface area (Å²) in [6.45, 7) is 0.532. The van der Waals surface area contributed by atoms with E-state index in [-0.39, 0.29) is 11.1 Å². The molecule has 0 bridgehead atoms. The largest absolute Gasteiger partial charge is 0.365 e. The van der Waals surface area contributed by atoms with Crippen LogP contribution in [-0.4, -0.2) is 21.1 Å². The van der Waals surface area contributed by atoms with Crippen LogP contribution in [0.5, 0.6) is 0 Å². The van der Waals surface area contributed by atoms with E-state index in [0.717, 1.165) is 28.5 Å². The summed E-state index contributed by atoms with van der Waals surface area (Å²) in [5, 5.41) is 5.81. The van der Waals surface area contributed by atoms with E-state index in [0.29, 0.717) is 28.0 Å². The van der Waals surface area contributed by atoms with Crippen molar-refractivity contribution in [3.8, 4) is 11.3 Å². The molecule has 2 aromatic carbocycles. The Bertz CT molecular complexity index is 1130. The van der Waals surface area contributed by atoms with Crippen molar-refractivity contribution in [3.05, 3.63) is 82.0 Å². The number of amides is 2. The summed E-state index contributed by atoms with van der Waals surface area (Å²) >= 11 is 7.08. The normalized spacial score (nSPS) is 14.9. The van der Waals surface area contributed by atoms with E-state index in [4.69, 9.17) is 11.6 Å². The van der Waals surface area contributed by atoms with Crippen LogP contribution >= 0.6 is 23.4 Å². The predicted octanol–water partition coefficient (Wildman–Crippen LogP) is 4.73. The molecule has 0 unspecified atom stereocenters. The van der Waals surface area contributed by atoms with Crippen LogP contribution in [0.1, 0.15) is 11.1 Å². The highest BCUT2D eigenvalue weighted by molar-refractivity contribution is 8.18. The fraction of sp³-hybridized carbons (Fsp3) is 0.0476. The molecule has 1 fully saturated rings. The van der Waals surface area contributed by atoms with Gasteiger partial charge in [0.05, 0.1) is 23.0 Å². The van der Waals surface area contributed by atoms with Gasteiger partial charge in [0.2, 0.25) is 0 Å². The van der Waals surface area contributed by atoms with Gasteiger partial charge in [0.25, 0.3) is 11.1 Å². The van der Waals surface area contributed by atoms with Crippen LogP contribution in [0.25, 0.3) is 17.3 Å². The van der Waals surface area contributed by atoms with Gasteiger partial charge in [-0.1, -0.05) is 48.0 Å². The summed E-state index contributed by atoms with van der Waals surface area (Å²) in [6, 6.07) is 15.2. The van der Waals surface area contributed by atoms with E-state index in [9.17, 15) is 9.59 Å². The molecule has 2 N–H and O–H groups in total. The van der Waals surface area contributed by atoms with Crippen molar-refractivity contribution in [2.45, 2.75) is 6.54 Å². The molecule has 0 spiro atoms. The second kappa shape index (κ2) is 8.46. The Hall–Kier alpha value is -3.16. The first-order valence-corrected chi connectivity index (χ1v) is 9.92. The smallest absolute Gasteiger partial charge is 0.290 e. The molecule has 2 amide bonds. The van der Waals surface area contributed by atoms with Gasteiger partial charge in [0.15, 0.2) is 0 Å². The first-order valence-electron chi connectivity index (χ1n) is 8.73. The Balaban J connectivity index is 1.54. The summed E-state index contributed by atoms with van der Waals surface area (Å²) in [7, 11) is 0. The predicted molar refractivity (Wildman–Crippen MR) is 115 cm³/mol. The van der Waals surface area contributed by atoms with Crippen LogP contribution in [0.2, 0.25) is 5.02 Å². The number of hydrogen-bond donors (Lipinski definition) is 2. The number of benzene rings is 2. The fourth-order valence-electron chi connectivity index (χ4n) is 2.78. The maximum atomic E-state index is 11.7. The lowest BCUT2D eigenvalue weighted by atomic mass is 10.1. The third kappa shape index (κ3) is 4.64. The zero-order valence-electron chi connectivity index (χ0n) is 15.1. The number of imide groups is 1. The molecular formula is C21H15ClN4O2S. The van der Waals surface area contributed by atoms with E-state index in [1.54, 1.807) is 18.5 Å². The molecule has 0 saturated carbocycles. The molecule has 0 atom stereocenters. The highest BCUT2D eigenvalue weighted by Gasteiger charge is 2.24. The van der Waals surface area contributed by atoms with Gasteiger partial charge in [-0.15, -0.1) is 0 Å². The monoisotopic (exact) mass is 422 g/mol. The highest BCUT2D eigenvalue weighted by Crippen LogP contribution is 2.27. The molecule has 6 nitrogen and oxygen atoms in total. The summed E-state index contributed by atoms with van der Waals surface area (Å²) in [5.74, 6) is 0.249. The number of aromatic nitrogens is 2. The van der Waals surface area contributed by atoms with E-state index in [2.05, 4.69) is 20.6 Å². The number of rotatable bonds is 5. The molecule has 0 aliphatic carbocycles. The minimum Gasteiger partial charge on any atom is -0.365 e. The Kier molecular flexibility index (Phi) is 5.59. The molecule has 0 radical (unpaired) electrons. The molecule has 1 aliphatic heterocycles. The van der Waals surface area contributed by atoms with Crippen molar-refractivity contribution in [1.29, 1.82) is 0 Å². The molecular weight excluding hydrogens is 408 g/mol. The third-order valence-electron chi connectivity index (χ3n) is 4.17. The van der Waals surface area contributed by atoms with Gasteiger partial charge >= 0.3 is 0 Å². The molecule has 29 heavy (non-hydrogen) atoms. The van der Waals surface area contributed by atoms with Crippen LogP contribution in [0.4, 0.5) is 10.6 Å². The zero-order chi connectivity index (χ0) is 20.2. The van der Waals surface area contributed by atoms with Gasteiger partial charge in [-0.3, -0.25) is 19.9 Å². The minimum absolute atomic E-state index is 0.361. The number of nitrogens with one attached hydrogen (secondary N) is 2. The van der Waals surface area contributed by atoms with E-state index in [1.165, 1.54) is 0 Å². The number of carbonyl (C=O) groups excluding carboxylic acids is 2. The van der Waals surface area contributed by atoms with Gasteiger partial charge in [-0.25, -0.2) is 4.98 Å². The Labute approximate surface area is 176 Å². The molecule has 8 heteroatoms. The van der Waals surface area contributed by atoms with E-state index >= 15 is 0 Å². The number of hydrogen-bond acceptors (Lipinski definition) is 6.